The number of carbonyl (C=O) groups excluding carboxylic acids is 1. The molecule has 104 valence electrons. The van der Waals surface area contributed by atoms with E-state index in [0.29, 0.717) is 12.8 Å². The lowest BCUT2D eigenvalue weighted by Gasteiger charge is -2.29. The van der Waals surface area contributed by atoms with Crippen LogP contribution >= 0.6 is 0 Å². The highest BCUT2D eigenvalue weighted by Gasteiger charge is 2.33. The van der Waals surface area contributed by atoms with Gasteiger partial charge in [-0.05, 0) is 19.8 Å². The highest BCUT2D eigenvalue weighted by atomic mass is 32.2. The first kappa shape index (κ1) is 14.7. The number of amides is 1. The van der Waals surface area contributed by atoms with Gasteiger partial charge in [0.05, 0.1) is 12.5 Å². The van der Waals surface area contributed by atoms with E-state index in [1.165, 1.54) is 0 Å². The summed E-state index contributed by atoms with van der Waals surface area (Å²) in [5, 5.41) is 8.85. The summed E-state index contributed by atoms with van der Waals surface area (Å²) in [4.78, 5) is 21.9. The van der Waals surface area contributed by atoms with E-state index in [2.05, 4.69) is 4.74 Å². The number of ether oxygens (including phenoxy) is 1. The summed E-state index contributed by atoms with van der Waals surface area (Å²) >= 11 is 0. The Labute approximate surface area is 105 Å². The number of nitrogens with one attached hydrogen (secondary N) is 1. The van der Waals surface area contributed by atoms with Crippen LogP contribution in [0.25, 0.3) is 0 Å². The van der Waals surface area contributed by atoms with Crippen LogP contribution in [-0.2, 0) is 19.7 Å². The van der Waals surface area contributed by atoms with Crippen molar-refractivity contribution in [1.29, 1.82) is 0 Å². The minimum Gasteiger partial charge on any atom is -0.481 e. The molecule has 9 heteroatoms. The molecule has 0 aromatic rings. The maximum absolute atomic E-state index is 11.8. The van der Waals surface area contributed by atoms with E-state index >= 15 is 0 Å². The molecule has 0 bridgehead atoms. The number of piperidine rings is 1. The van der Waals surface area contributed by atoms with E-state index in [0.717, 1.165) is 4.31 Å². The molecule has 1 unspecified atom stereocenters. The van der Waals surface area contributed by atoms with Crippen molar-refractivity contribution in [2.45, 2.75) is 19.8 Å². The number of carbonyl (C=O) groups is 2. The molecule has 0 aromatic heterocycles. The standard InChI is InChI=1S/C9H16N2O6S/c1-2-17-9(14)10-18(15,16)11-5-3-4-7(6-11)8(12)13/h7H,2-6H2,1H3,(H,10,14)(H,12,13). The van der Waals surface area contributed by atoms with Gasteiger partial charge in [0.15, 0.2) is 0 Å². The van der Waals surface area contributed by atoms with Crippen LogP contribution in [0.3, 0.4) is 0 Å². The average molecular weight is 280 g/mol. The van der Waals surface area contributed by atoms with Crippen LogP contribution in [0.1, 0.15) is 19.8 Å². The van der Waals surface area contributed by atoms with Gasteiger partial charge in [-0.1, -0.05) is 0 Å². The molecule has 1 aliphatic heterocycles. The molecule has 18 heavy (non-hydrogen) atoms. The molecule has 1 rings (SSSR count). The zero-order valence-corrected chi connectivity index (χ0v) is 10.8. The molecule has 0 spiro atoms. The Morgan fingerprint density at radius 2 is 2.17 bits per heavy atom. The van der Waals surface area contributed by atoms with E-state index in [1.807, 2.05) is 0 Å². The molecule has 1 atom stereocenters. The van der Waals surface area contributed by atoms with Gasteiger partial charge in [0, 0.05) is 13.1 Å². The molecule has 0 radical (unpaired) electrons. The van der Waals surface area contributed by atoms with Crippen LogP contribution in [0.4, 0.5) is 4.79 Å². The van der Waals surface area contributed by atoms with Gasteiger partial charge in [0.25, 0.3) is 0 Å². The van der Waals surface area contributed by atoms with Gasteiger partial charge in [-0.25, -0.2) is 9.52 Å². The van der Waals surface area contributed by atoms with Crippen molar-refractivity contribution >= 4 is 22.3 Å². The maximum Gasteiger partial charge on any atom is 0.421 e. The Kier molecular flexibility index (Phi) is 4.91. The van der Waals surface area contributed by atoms with Gasteiger partial charge in [-0.3, -0.25) is 4.79 Å². The predicted molar refractivity (Wildman–Crippen MR) is 61.0 cm³/mol. The summed E-state index contributed by atoms with van der Waals surface area (Å²) in [5.41, 5.74) is 0. The Balaban J connectivity index is 2.67. The molecule has 0 aromatic carbocycles. The van der Waals surface area contributed by atoms with Crippen molar-refractivity contribution < 1.29 is 27.9 Å². The molecule has 0 saturated carbocycles. The molecule has 2 N–H and O–H groups in total. The zero-order valence-electron chi connectivity index (χ0n) is 9.96. The third-order valence-corrected chi connectivity index (χ3v) is 4.00. The number of carboxylic acids is 1. The van der Waals surface area contributed by atoms with Gasteiger partial charge in [-0.2, -0.15) is 12.7 Å². The van der Waals surface area contributed by atoms with Crippen molar-refractivity contribution in [3.8, 4) is 0 Å². The molecule has 8 nitrogen and oxygen atoms in total. The number of hydrogen-bond acceptors (Lipinski definition) is 5. The summed E-state index contributed by atoms with van der Waals surface area (Å²) in [6.07, 6.45) is -0.184. The van der Waals surface area contributed by atoms with Crippen LogP contribution in [0.5, 0.6) is 0 Å². The largest absolute Gasteiger partial charge is 0.481 e. The first-order chi connectivity index (χ1) is 8.36. The second-order valence-corrected chi connectivity index (χ2v) is 5.53. The van der Waals surface area contributed by atoms with Crippen LogP contribution in [0, 0.1) is 5.92 Å². The highest BCUT2D eigenvalue weighted by molar-refractivity contribution is 7.87. The van der Waals surface area contributed by atoms with E-state index in [9.17, 15) is 18.0 Å². The molecule has 1 aliphatic rings. The third kappa shape index (κ3) is 3.84. The van der Waals surface area contributed by atoms with Crippen LogP contribution in [0.15, 0.2) is 0 Å². The lowest BCUT2D eigenvalue weighted by atomic mass is 10.0. The fraction of sp³-hybridized carbons (Fsp3) is 0.778. The number of nitrogens with zero attached hydrogens (tertiary/aromatic N) is 1. The smallest absolute Gasteiger partial charge is 0.421 e. The number of aliphatic carboxylic acids is 1. The number of hydrogen-bond donors (Lipinski definition) is 2. The maximum atomic E-state index is 11.8. The van der Waals surface area contributed by atoms with Gasteiger partial charge < -0.3 is 9.84 Å². The summed E-state index contributed by atoms with van der Waals surface area (Å²) in [7, 11) is -4.03. The van der Waals surface area contributed by atoms with Gasteiger partial charge in [-0.15, -0.1) is 0 Å². The van der Waals surface area contributed by atoms with Gasteiger partial charge in [0.1, 0.15) is 0 Å². The summed E-state index contributed by atoms with van der Waals surface area (Å²) < 4.78 is 30.7. The second-order valence-electron chi connectivity index (χ2n) is 3.86. The minimum atomic E-state index is -4.03. The summed E-state index contributed by atoms with van der Waals surface area (Å²) in [5.74, 6) is -1.77. The van der Waals surface area contributed by atoms with E-state index < -0.39 is 28.2 Å². The first-order valence-electron chi connectivity index (χ1n) is 5.54. The molecule has 1 amide bonds. The molecule has 1 fully saturated rings. The van der Waals surface area contributed by atoms with Gasteiger partial charge in [0.2, 0.25) is 0 Å². The van der Waals surface area contributed by atoms with Crippen LogP contribution in [-0.4, -0.2) is 49.6 Å². The summed E-state index contributed by atoms with van der Waals surface area (Å²) in [6.45, 7) is 1.66. The molecule has 1 heterocycles. The topological polar surface area (TPSA) is 113 Å². The van der Waals surface area contributed by atoms with E-state index in [-0.39, 0.29) is 19.7 Å². The van der Waals surface area contributed by atoms with Crippen molar-refractivity contribution in [1.82, 2.24) is 9.03 Å². The zero-order chi connectivity index (χ0) is 13.8. The van der Waals surface area contributed by atoms with E-state index in [1.54, 1.807) is 11.6 Å². The fourth-order valence-corrected chi connectivity index (χ4v) is 2.84. The van der Waals surface area contributed by atoms with E-state index in [4.69, 9.17) is 5.11 Å². The SMILES string of the molecule is CCOC(=O)NS(=O)(=O)N1CCCC(C(=O)O)C1. The number of rotatable bonds is 4. The quantitative estimate of drug-likeness (QED) is 0.735. The average Bonchev–Trinajstić information content (AvgIpc) is 2.28. The first-order valence-corrected chi connectivity index (χ1v) is 6.98. The summed E-state index contributed by atoms with van der Waals surface area (Å²) in [6, 6.07) is 0. The lowest BCUT2D eigenvalue weighted by molar-refractivity contribution is -0.142. The predicted octanol–water partition coefficient (Wildman–Crippen LogP) is -0.226. The Morgan fingerprint density at radius 1 is 1.50 bits per heavy atom. The van der Waals surface area contributed by atoms with Crippen molar-refractivity contribution in [3.63, 3.8) is 0 Å². The molecule has 0 aliphatic carbocycles. The van der Waals surface area contributed by atoms with Gasteiger partial charge >= 0.3 is 22.3 Å². The van der Waals surface area contributed by atoms with Crippen LogP contribution in [0.2, 0.25) is 0 Å². The Morgan fingerprint density at radius 3 is 2.72 bits per heavy atom. The van der Waals surface area contributed by atoms with Crippen molar-refractivity contribution in [2.75, 3.05) is 19.7 Å². The Bertz CT molecular complexity index is 421. The monoisotopic (exact) mass is 280 g/mol. The molecular weight excluding hydrogens is 264 g/mol. The molecular formula is C9H16N2O6S. The van der Waals surface area contributed by atoms with Crippen molar-refractivity contribution in [3.05, 3.63) is 0 Å². The normalized spacial score (nSPS) is 21.3. The lowest BCUT2D eigenvalue weighted by Crippen LogP contribution is -2.49. The minimum absolute atomic E-state index is 0.0547. The van der Waals surface area contributed by atoms with Crippen LogP contribution < -0.4 is 4.72 Å². The highest BCUT2D eigenvalue weighted by Crippen LogP contribution is 2.18. The Hall–Kier alpha value is -1.35. The third-order valence-electron chi connectivity index (χ3n) is 2.56. The fourth-order valence-electron chi connectivity index (χ4n) is 1.69. The molecule has 1 saturated heterocycles. The number of carboxylic acid groups (broad SMARTS) is 1. The second kappa shape index (κ2) is 6.01. The van der Waals surface area contributed by atoms with Crippen molar-refractivity contribution in [2.24, 2.45) is 5.92 Å².